The SMILES string of the molecule is OCC1CN(c2nc(Cl)nc3nc[nH]c23)CCO1. The number of hydrogen-bond acceptors (Lipinski definition) is 6. The van der Waals surface area contributed by atoms with Crippen LogP contribution in [0.2, 0.25) is 5.28 Å². The van der Waals surface area contributed by atoms with Crippen LogP contribution in [-0.4, -0.2) is 57.4 Å². The zero-order chi connectivity index (χ0) is 12.5. The van der Waals surface area contributed by atoms with Crippen LogP contribution >= 0.6 is 11.6 Å². The molecule has 1 atom stereocenters. The van der Waals surface area contributed by atoms with Crippen molar-refractivity contribution < 1.29 is 9.84 Å². The fourth-order valence-corrected chi connectivity index (χ4v) is 2.20. The molecular formula is C10H12ClN5O2. The van der Waals surface area contributed by atoms with Crippen molar-refractivity contribution in [3.8, 4) is 0 Å². The van der Waals surface area contributed by atoms with Crippen molar-refractivity contribution in [1.82, 2.24) is 19.9 Å². The van der Waals surface area contributed by atoms with Gasteiger partial charge in [-0.2, -0.15) is 9.97 Å². The van der Waals surface area contributed by atoms with E-state index in [1.165, 1.54) is 0 Å². The number of ether oxygens (including phenoxy) is 1. The van der Waals surface area contributed by atoms with E-state index in [2.05, 4.69) is 19.9 Å². The first kappa shape index (κ1) is 11.6. The van der Waals surface area contributed by atoms with Crippen molar-refractivity contribution >= 4 is 28.6 Å². The van der Waals surface area contributed by atoms with Crippen molar-refractivity contribution in [1.29, 1.82) is 0 Å². The predicted molar refractivity (Wildman–Crippen MR) is 65.7 cm³/mol. The van der Waals surface area contributed by atoms with Crippen molar-refractivity contribution in [2.75, 3.05) is 31.2 Å². The lowest BCUT2D eigenvalue weighted by atomic mass is 10.3. The molecule has 2 aromatic rings. The first-order chi connectivity index (χ1) is 8.78. The smallest absolute Gasteiger partial charge is 0.226 e. The lowest BCUT2D eigenvalue weighted by molar-refractivity contribution is 0.00343. The summed E-state index contributed by atoms with van der Waals surface area (Å²) in [6.45, 7) is 1.79. The fraction of sp³-hybridized carbons (Fsp3) is 0.500. The molecule has 2 N–H and O–H groups in total. The van der Waals surface area contributed by atoms with Crippen LogP contribution in [0.15, 0.2) is 6.33 Å². The lowest BCUT2D eigenvalue weighted by Gasteiger charge is -2.32. The number of hydrogen-bond donors (Lipinski definition) is 2. The minimum Gasteiger partial charge on any atom is -0.394 e. The Bertz CT molecular complexity index is 560. The highest BCUT2D eigenvalue weighted by Gasteiger charge is 2.23. The lowest BCUT2D eigenvalue weighted by Crippen LogP contribution is -2.44. The van der Waals surface area contributed by atoms with E-state index in [-0.39, 0.29) is 18.0 Å². The second-order valence-corrected chi connectivity index (χ2v) is 4.38. The number of imidazole rings is 1. The largest absolute Gasteiger partial charge is 0.394 e. The van der Waals surface area contributed by atoms with Crippen LogP contribution in [0, 0.1) is 0 Å². The number of fused-ring (bicyclic) bond motifs is 1. The van der Waals surface area contributed by atoms with Crippen LogP contribution in [0.1, 0.15) is 0 Å². The number of aliphatic hydroxyl groups is 1. The normalized spacial score (nSPS) is 20.6. The van der Waals surface area contributed by atoms with Gasteiger partial charge in [0, 0.05) is 13.1 Å². The van der Waals surface area contributed by atoms with Gasteiger partial charge in [0.2, 0.25) is 5.28 Å². The van der Waals surface area contributed by atoms with Crippen molar-refractivity contribution in [2.24, 2.45) is 0 Å². The molecular weight excluding hydrogens is 258 g/mol. The molecule has 0 amide bonds. The molecule has 1 aliphatic rings. The third-order valence-corrected chi connectivity index (χ3v) is 3.05. The Morgan fingerprint density at radius 2 is 2.44 bits per heavy atom. The summed E-state index contributed by atoms with van der Waals surface area (Å²) in [6.07, 6.45) is 1.36. The maximum Gasteiger partial charge on any atom is 0.226 e. The molecule has 18 heavy (non-hydrogen) atoms. The summed E-state index contributed by atoms with van der Waals surface area (Å²) < 4.78 is 5.41. The molecule has 8 heteroatoms. The van der Waals surface area contributed by atoms with Crippen molar-refractivity contribution in [3.05, 3.63) is 11.6 Å². The number of nitrogens with zero attached hydrogens (tertiary/aromatic N) is 4. The van der Waals surface area contributed by atoms with E-state index >= 15 is 0 Å². The number of morpholine rings is 1. The maximum absolute atomic E-state index is 9.15. The molecule has 1 unspecified atom stereocenters. The molecule has 96 valence electrons. The number of anilines is 1. The number of rotatable bonds is 2. The average Bonchev–Trinajstić information content (AvgIpc) is 2.85. The van der Waals surface area contributed by atoms with E-state index in [0.29, 0.717) is 31.2 Å². The molecule has 1 saturated heterocycles. The third-order valence-electron chi connectivity index (χ3n) is 2.88. The first-order valence-corrected chi connectivity index (χ1v) is 6.00. The van der Waals surface area contributed by atoms with Crippen molar-refractivity contribution in [2.45, 2.75) is 6.10 Å². The van der Waals surface area contributed by atoms with Crippen LogP contribution in [0.4, 0.5) is 5.82 Å². The molecule has 2 aromatic heterocycles. The zero-order valence-electron chi connectivity index (χ0n) is 9.51. The van der Waals surface area contributed by atoms with E-state index in [0.717, 1.165) is 5.52 Å². The van der Waals surface area contributed by atoms with Gasteiger partial charge in [0.1, 0.15) is 5.52 Å². The third kappa shape index (κ3) is 2.00. The molecule has 1 fully saturated rings. The summed E-state index contributed by atoms with van der Waals surface area (Å²) in [5.74, 6) is 0.698. The Labute approximate surface area is 108 Å². The number of aromatic nitrogens is 4. The van der Waals surface area contributed by atoms with Gasteiger partial charge in [-0.3, -0.25) is 0 Å². The van der Waals surface area contributed by atoms with Gasteiger partial charge in [0.25, 0.3) is 0 Å². The van der Waals surface area contributed by atoms with Crippen molar-refractivity contribution in [3.63, 3.8) is 0 Å². The number of halogens is 1. The minimum absolute atomic E-state index is 0.0125. The fourth-order valence-electron chi connectivity index (χ4n) is 2.04. The highest BCUT2D eigenvalue weighted by atomic mass is 35.5. The van der Waals surface area contributed by atoms with Crippen LogP contribution in [0.5, 0.6) is 0 Å². The van der Waals surface area contributed by atoms with E-state index < -0.39 is 0 Å². The minimum atomic E-state index is -0.203. The van der Waals surface area contributed by atoms with Crippen LogP contribution in [-0.2, 0) is 4.74 Å². The Balaban J connectivity index is 2.00. The Hall–Kier alpha value is -1.44. The first-order valence-electron chi connectivity index (χ1n) is 5.62. The highest BCUT2D eigenvalue weighted by molar-refractivity contribution is 6.28. The van der Waals surface area contributed by atoms with Gasteiger partial charge in [-0.25, -0.2) is 4.98 Å². The molecule has 0 bridgehead atoms. The van der Waals surface area contributed by atoms with Crippen LogP contribution in [0.25, 0.3) is 11.2 Å². The van der Waals surface area contributed by atoms with E-state index in [9.17, 15) is 0 Å². The van der Waals surface area contributed by atoms with E-state index in [1.807, 2.05) is 4.90 Å². The molecule has 7 nitrogen and oxygen atoms in total. The standard InChI is InChI=1S/C10H12ClN5O2/c11-10-14-8-7(12-5-13-8)9(15-10)16-1-2-18-6(3-16)4-17/h5-6,17H,1-4H2,(H,12,13,14,15). The number of aliphatic hydroxyl groups excluding tert-OH is 1. The van der Waals surface area contributed by atoms with Gasteiger partial charge in [0.05, 0.1) is 25.6 Å². The summed E-state index contributed by atoms with van der Waals surface area (Å²) in [4.78, 5) is 17.4. The molecule has 0 spiro atoms. The predicted octanol–water partition coefficient (Wildman–Crippen LogP) is 0.204. The van der Waals surface area contributed by atoms with E-state index in [1.54, 1.807) is 6.33 Å². The van der Waals surface area contributed by atoms with Gasteiger partial charge in [-0.05, 0) is 11.6 Å². The van der Waals surface area contributed by atoms with Gasteiger partial charge >= 0.3 is 0 Å². The van der Waals surface area contributed by atoms with Gasteiger partial charge in [-0.1, -0.05) is 0 Å². The summed E-state index contributed by atoms with van der Waals surface area (Å²) in [7, 11) is 0. The highest BCUT2D eigenvalue weighted by Crippen LogP contribution is 2.24. The van der Waals surface area contributed by atoms with Gasteiger partial charge in [-0.15, -0.1) is 0 Å². The Kier molecular flexibility index (Phi) is 3.02. The topological polar surface area (TPSA) is 87.2 Å². The molecule has 0 aliphatic carbocycles. The number of aromatic amines is 1. The summed E-state index contributed by atoms with van der Waals surface area (Å²) in [6, 6.07) is 0. The zero-order valence-corrected chi connectivity index (χ0v) is 10.3. The Morgan fingerprint density at radius 1 is 1.56 bits per heavy atom. The molecule has 0 saturated carbocycles. The number of H-pyrrole nitrogens is 1. The second kappa shape index (κ2) is 4.68. The maximum atomic E-state index is 9.15. The Morgan fingerprint density at radius 3 is 3.28 bits per heavy atom. The van der Waals surface area contributed by atoms with Gasteiger partial charge < -0.3 is 19.7 Å². The number of nitrogens with one attached hydrogen (secondary N) is 1. The second-order valence-electron chi connectivity index (χ2n) is 4.04. The quantitative estimate of drug-likeness (QED) is 0.758. The van der Waals surface area contributed by atoms with E-state index in [4.69, 9.17) is 21.4 Å². The van der Waals surface area contributed by atoms with Crippen LogP contribution < -0.4 is 4.90 Å². The van der Waals surface area contributed by atoms with Crippen LogP contribution in [0.3, 0.4) is 0 Å². The molecule has 0 radical (unpaired) electrons. The molecule has 3 rings (SSSR count). The average molecular weight is 270 g/mol. The van der Waals surface area contributed by atoms with Gasteiger partial charge in [0.15, 0.2) is 11.5 Å². The molecule has 0 aromatic carbocycles. The summed E-state index contributed by atoms with van der Waals surface area (Å²) >= 11 is 5.89. The molecule has 1 aliphatic heterocycles. The molecule has 3 heterocycles. The summed E-state index contributed by atoms with van der Waals surface area (Å²) in [5.41, 5.74) is 1.29. The summed E-state index contributed by atoms with van der Waals surface area (Å²) in [5, 5.41) is 9.32. The monoisotopic (exact) mass is 269 g/mol.